The molecule has 148 valence electrons. The Morgan fingerprint density at radius 3 is 2.23 bits per heavy atom. The number of nitrogens with zero attached hydrogens (tertiary/aromatic N) is 2. The van der Waals surface area contributed by atoms with Gasteiger partial charge in [-0.25, -0.2) is 14.8 Å². The van der Waals surface area contributed by atoms with E-state index in [1.807, 2.05) is 48.7 Å². The number of rotatable bonds is 4. The second kappa shape index (κ2) is 7.35. The first kappa shape index (κ1) is 18.4. The first-order valence-electron chi connectivity index (χ1n) is 9.21. The van der Waals surface area contributed by atoms with Gasteiger partial charge in [0.15, 0.2) is 11.2 Å². The Bertz CT molecular complexity index is 1400. The fourth-order valence-electron chi connectivity index (χ4n) is 3.40. The topological polar surface area (TPSA) is 78.4 Å². The summed E-state index contributed by atoms with van der Waals surface area (Å²) in [5.74, 6) is 0.440. The number of ether oxygens (including phenoxy) is 1. The maximum Gasteiger partial charge on any atom is 0.340 e. The van der Waals surface area contributed by atoms with Crippen LogP contribution in [0.2, 0.25) is 0 Å². The molecule has 3 aromatic carbocycles. The Labute approximate surface area is 175 Å². The summed E-state index contributed by atoms with van der Waals surface area (Å²) in [6.45, 7) is 0. The summed E-state index contributed by atoms with van der Waals surface area (Å²) in [6.07, 6.45) is 2.02. The number of carbonyl (C=O) groups is 1. The Balaban J connectivity index is 1.69. The second-order valence-electron chi connectivity index (χ2n) is 6.53. The Kier molecular flexibility index (Phi) is 4.52. The minimum atomic E-state index is -0.462. The minimum absolute atomic E-state index is 0.354. The number of hydrogen-bond donors (Lipinski definition) is 0. The monoisotopic (exact) mass is 416 g/mol. The molecule has 0 spiro atoms. The number of carbonyl (C=O) groups excluding carboxylic acids is 1. The minimum Gasteiger partial charge on any atom is -0.465 e. The van der Waals surface area contributed by atoms with Crippen LogP contribution in [-0.2, 0) is 4.74 Å². The number of thioether (sulfide) groups is 1. The van der Waals surface area contributed by atoms with Crippen molar-refractivity contribution in [3.63, 3.8) is 0 Å². The van der Waals surface area contributed by atoms with Gasteiger partial charge >= 0.3 is 5.97 Å². The van der Waals surface area contributed by atoms with Gasteiger partial charge in [-0.1, -0.05) is 24.3 Å². The standard InChI is InChI=1S/C23H16N2O4S/c1-27-23(26)15-9-6-11-17-20(15)25-22(29-17)14-8-5-10-16-19(14)24-21(28-16)13-7-3-4-12-18(13)30-2/h3-12H,1-2H3. The number of hydrogen-bond acceptors (Lipinski definition) is 7. The highest BCUT2D eigenvalue weighted by molar-refractivity contribution is 7.98. The van der Waals surface area contributed by atoms with Crippen molar-refractivity contribution in [2.24, 2.45) is 0 Å². The van der Waals surface area contributed by atoms with Gasteiger partial charge in [-0.15, -0.1) is 11.8 Å². The van der Waals surface area contributed by atoms with Gasteiger partial charge in [-0.2, -0.15) is 0 Å². The summed E-state index contributed by atoms with van der Waals surface area (Å²) in [7, 11) is 1.34. The van der Waals surface area contributed by atoms with Crippen LogP contribution < -0.4 is 0 Å². The van der Waals surface area contributed by atoms with Crippen LogP contribution in [0.5, 0.6) is 0 Å². The number of aromatic nitrogens is 2. The summed E-state index contributed by atoms with van der Waals surface area (Å²) in [6, 6.07) is 18.7. The first-order chi connectivity index (χ1) is 14.7. The van der Waals surface area contributed by atoms with E-state index in [0.717, 1.165) is 10.5 Å². The molecule has 7 heteroatoms. The first-order valence-corrected chi connectivity index (χ1v) is 10.4. The van der Waals surface area contributed by atoms with Crippen molar-refractivity contribution in [2.45, 2.75) is 4.90 Å². The van der Waals surface area contributed by atoms with Crippen LogP contribution in [0.3, 0.4) is 0 Å². The smallest absolute Gasteiger partial charge is 0.340 e. The summed E-state index contributed by atoms with van der Waals surface area (Å²) in [5.41, 5.74) is 4.21. The van der Waals surface area contributed by atoms with Crippen molar-refractivity contribution >= 4 is 39.9 Å². The van der Waals surface area contributed by atoms with Crippen LogP contribution in [0.4, 0.5) is 0 Å². The van der Waals surface area contributed by atoms with E-state index in [4.69, 9.17) is 18.6 Å². The SMILES string of the molecule is COC(=O)c1cccc2oc(-c3cccc4oc(-c5ccccc5SC)nc34)nc12. The Morgan fingerprint density at radius 1 is 0.833 bits per heavy atom. The van der Waals surface area contributed by atoms with Crippen molar-refractivity contribution in [2.75, 3.05) is 13.4 Å². The highest BCUT2D eigenvalue weighted by Crippen LogP contribution is 2.36. The van der Waals surface area contributed by atoms with E-state index in [2.05, 4.69) is 4.98 Å². The molecule has 0 saturated heterocycles. The van der Waals surface area contributed by atoms with Crippen LogP contribution in [0.25, 0.3) is 45.1 Å². The van der Waals surface area contributed by atoms with E-state index in [0.29, 0.717) is 45.1 Å². The maximum atomic E-state index is 12.1. The Morgan fingerprint density at radius 2 is 1.47 bits per heavy atom. The molecule has 0 atom stereocenters. The van der Waals surface area contributed by atoms with Crippen molar-refractivity contribution in [3.8, 4) is 22.9 Å². The summed E-state index contributed by atoms with van der Waals surface area (Å²) < 4.78 is 16.9. The molecule has 0 N–H and O–H groups in total. The van der Waals surface area contributed by atoms with Crippen molar-refractivity contribution < 1.29 is 18.4 Å². The van der Waals surface area contributed by atoms with Gasteiger partial charge in [0.2, 0.25) is 11.8 Å². The van der Waals surface area contributed by atoms with Crippen LogP contribution in [0, 0.1) is 0 Å². The molecular formula is C23H16N2O4S. The number of fused-ring (bicyclic) bond motifs is 2. The lowest BCUT2D eigenvalue weighted by Crippen LogP contribution is -2.01. The fourth-order valence-corrected chi connectivity index (χ4v) is 3.99. The zero-order valence-corrected chi connectivity index (χ0v) is 17.0. The normalized spacial score (nSPS) is 11.3. The molecule has 30 heavy (non-hydrogen) atoms. The molecule has 6 nitrogen and oxygen atoms in total. The third-order valence-electron chi connectivity index (χ3n) is 4.81. The lowest BCUT2D eigenvalue weighted by atomic mass is 10.2. The van der Waals surface area contributed by atoms with E-state index in [1.54, 1.807) is 30.0 Å². The van der Waals surface area contributed by atoms with E-state index < -0.39 is 5.97 Å². The molecule has 2 aromatic heterocycles. The third-order valence-corrected chi connectivity index (χ3v) is 5.61. The number of oxazole rings is 2. The van der Waals surface area contributed by atoms with Gasteiger partial charge in [-0.05, 0) is 42.7 Å². The molecule has 0 amide bonds. The van der Waals surface area contributed by atoms with Gasteiger partial charge in [0.25, 0.3) is 0 Å². The third kappa shape index (κ3) is 2.95. The largest absolute Gasteiger partial charge is 0.465 e. The summed E-state index contributed by atoms with van der Waals surface area (Å²) in [4.78, 5) is 22.5. The number of benzene rings is 3. The van der Waals surface area contributed by atoms with E-state index in [-0.39, 0.29) is 0 Å². The highest BCUT2D eigenvalue weighted by atomic mass is 32.2. The average molecular weight is 416 g/mol. The highest BCUT2D eigenvalue weighted by Gasteiger charge is 2.20. The molecule has 0 aliphatic carbocycles. The molecule has 5 rings (SSSR count). The average Bonchev–Trinajstić information content (AvgIpc) is 3.42. The molecular weight excluding hydrogens is 400 g/mol. The van der Waals surface area contributed by atoms with Crippen molar-refractivity contribution in [1.82, 2.24) is 9.97 Å². The van der Waals surface area contributed by atoms with Gasteiger partial charge in [0.1, 0.15) is 11.0 Å². The number of para-hydroxylation sites is 2. The predicted octanol–water partition coefficient (Wildman–Crippen LogP) is 5.81. The molecule has 0 bridgehead atoms. The number of esters is 1. The number of methoxy groups -OCH3 is 1. The van der Waals surface area contributed by atoms with Gasteiger partial charge in [0.05, 0.1) is 23.8 Å². The molecule has 0 saturated carbocycles. The molecule has 2 heterocycles. The van der Waals surface area contributed by atoms with Crippen LogP contribution in [0.15, 0.2) is 74.4 Å². The molecule has 5 aromatic rings. The molecule has 0 radical (unpaired) electrons. The summed E-state index contributed by atoms with van der Waals surface area (Å²) in [5, 5.41) is 0. The van der Waals surface area contributed by atoms with Crippen molar-refractivity contribution in [3.05, 3.63) is 66.2 Å². The van der Waals surface area contributed by atoms with E-state index in [1.165, 1.54) is 7.11 Å². The summed E-state index contributed by atoms with van der Waals surface area (Å²) >= 11 is 1.64. The molecule has 0 aliphatic rings. The molecule has 0 unspecified atom stereocenters. The second-order valence-corrected chi connectivity index (χ2v) is 7.38. The molecule has 0 aliphatic heterocycles. The molecule has 0 fully saturated rings. The Hall–Kier alpha value is -3.58. The lowest BCUT2D eigenvalue weighted by molar-refractivity contribution is 0.0602. The van der Waals surface area contributed by atoms with Crippen LogP contribution >= 0.6 is 11.8 Å². The fraction of sp³-hybridized carbons (Fsp3) is 0.0870. The zero-order valence-electron chi connectivity index (χ0n) is 16.2. The lowest BCUT2D eigenvalue weighted by Gasteiger charge is -2.01. The predicted molar refractivity (Wildman–Crippen MR) is 116 cm³/mol. The van der Waals surface area contributed by atoms with E-state index in [9.17, 15) is 4.79 Å². The van der Waals surface area contributed by atoms with Gasteiger partial charge in [0, 0.05) is 4.90 Å². The van der Waals surface area contributed by atoms with Crippen LogP contribution in [0.1, 0.15) is 10.4 Å². The maximum absolute atomic E-state index is 12.1. The van der Waals surface area contributed by atoms with Gasteiger partial charge < -0.3 is 13.6 Å². The van der Waals surface area contributed by atoms with Crippen molar-refractivity contribution in [1.29, 1.82) is 0 Å². The zero-order chi connectivity index (χ0) is 20.7. The van der Waals surface area contributed by atoms with E-state index >= 15 is 0 Å². The quantitative estimate of drug-likeness (QED) is 0.270. The van der Waals surface area contributed by atoms with Crippen LogP contribution in [-0.4, -0.2) is 29.3 Å². The van der Waals surface area contributed by atoms with Gasteiger partial charge in [-0.3, -0.25) is 0 Å².